The maximum absolute atomic E-state index is 12.9. The van der Waals surface area contributed by atoms with Crippen molar-refractivity contribution in [1.29, 1.82) is 0 Å². The highest BCUT2D eigenvalue weighted by Gasteiger charge is 2.35. The lowest BCUT2D eigenvalue weighted by atomic mass is 10.0. The molecule has 1 unspecified atom stereocenters. The molecule has 0 heterocycles. The average Bonchev–Trinajstić information content (AvgIpc) is 1.86. The second kappa shape index (κ2) is 1.69. The summed E-state index contributed by atoms with van der Waals surface area (Å²) in [5, 5.41) is 0. The molecule has 1 nitrogen and oxygen atoms in total. The van der Waals surface area contributed by atoms with Gasteiger partial charge in [0.25, 0.3) is 0 Å². The van der Waals surface area contributed by atoms with E-state index in [-0.39, 0.29) is 6.04 Å². The first kappa shape index (κ1) is 6.02. The molecule has 2 heteroatoms. The number of halogens is 1. The van der Waals surface area contributed by atoms with Gasteiger partial charge < -0.3 is 5.73 Å². The van der Waals surface area contributed by atoms with Gasteiger partial charge in [0, 0.05) is 6.04 Å². The van der Waals surface area contributed by atoms with Crippen molar-refractivity contribution < 1.29 is 4.39 Å². The molecule has 1 rings (SSSR count). The molecule has 0 aromatic carbocycles. The molecular weight excluding hydrogens is 105 g/mol. The van der Waals surface area contributed by atoms with Crippen LogP contribution in [-0.2, 0) is 0 Å². The number of hydrogen-bond donors (Lipinski definition) is 1. The molecule has 2 atom stereocenters. The molecule has 0 saturated heterocycles. The van der Waals surface area contributed by atoms with Crippen molar-refractivity contribution in [3.63, 3.8) is 0 Å². The Balaban J connectivity index is 2.54. The van der Waals surface area contributed by atoms with E-state index >= 15 is 0 Å². The van der Waals surface area contributed by atoms with Crippen molar-refractivity contribution in [3.05, 3.63) is 0 Å². The Labute approximate surface area is 49.1 Å². The first-order valence-corrected chi connectivity index (χ1v) is 3.07. The molecule has 0 aliphatic heterocycles. The Morgan fingerprint density at radius 1 is 1.75 bits per heavy atom. The maximum Gasteiger partial charge on any atom is 0.123 e. The van der Waals surface area contributed by atoms with Crippen molar-refractivity contribution in [1.82, 2.24) is 0 Å². The maximum atomic E-state index is 12.9. The largest absolute Gasteiger partial charge is 0.325 e. The topological polar surface area (TPSA) is 26.0 Å². The molecule has 0 bridgehead atoms. The van der Waals surface area contributed by atoms with E-state index in [2.05, 4.69) is 0 Å². The van der Waals surface area contributed by atoms with Gasteiger partial charge in [-0.15, -0.1) is 0 Å². The highest BCUT2D eigenvalue weighted by Crippen LogP contribution is 2.31. The van der Waals surface area contributed by atoms with Gasteiger partial charge in [-0.1, -0.05) is 0 Å². The summed E-state index contributed by atoms with van der Waals surface area (Å²) >= 11 is 0. The molecule has 48 valence electrons. The molecule has 2 N–H and O–H groups in total. The van der Waals surface area contributed by atoms with Gasteiger partial charge in [-0.25, -0.2) is 4.39 Å². The van der Waals surface area contributed by atoms with Crippen LogP contribution in [0.1, 0.15) is 26.2 Å². The van der Waals surface area contributed by atoms with Crippen molar-refractivity contribution >= 4 is 0 Å². The smallest absolute Gasteiger partial charge is 0.123 e. The third kappa shape index (κ3) is 0.848. The fraction of sp³-hybridized carbons (Fsp3) is 1.00. The van der Waals surface area contributed by atoms with Gasteiger partial charge in [0.1, 0.15) is 5.67 Å². The third-order valence-corrected chi connectivity index (χ3v) is 1.95. The van der Waals surface area contributed by atoms with E-state index in [0.717, 1.165) is 12.8 Å². The molecular formula is C6H12FN. The van der Waals surface area contributed by atoms with Crippen molar-refractivity contribution in [2.45, 2.75) is 37.9 Å². The second-order valence-corrected chi connectivity index (χ2v) is 2.78. The van der Waals surface area contributed by atoms with Gasteiger partial charge >= 0.3 is 0 Å². The van der Waals surface area contributed by atoms with Gasteiger partial charge in [0.05, 0.1) is 0 Å². The van der Waals surface area contributed by atoms with Crippen LogP contribution in [0.2, 0.25) is 0 Å². The molecule has 1 saturated carbocycles. The van der Waals surface area contributed by atoms with E-state index in [1.807, 2.05) is 0 Å². The van der Waals surface area contributed by atoms with Crippen molar-refractivity contribution in [2.75, 3.05) is 0 Å². The Hall–Kier alpha value is -0.110. The van der Waals surface area contributed by atoms with Crippen LogP contribution in [-0.4, -0.2) is 11.7 Å². The lowest BCUT2D eigenvalue weighted by molar-refractivity contribution is 0.175. The number of rotatable bonds is 0. The normalized spacial score (nSPS) is 47.6. The lowest BCUT2D eigenvalue weighted by Gasteiger charge is -2.17. The fourth-order valence-corrected chi connectivity index (χ4v) is 1.15. The van der Waals surface area contributed by atoms with E-state index < -0.39 is 5.67 Å². The first-order chi connectivity index (χ1) is 3.63. The van der Waals surface area contributed by atoms with E-state index in [9.17, 15) is 4.39 Å². The molecule has 0 aromatic rings. The summed E-state index contributed by atoms with van der Waals surface area (Å²) in [5.41, 5.74) is 4.37. The van der Waals surface area contributed by atoms with Crippen LogP contribution in [0.4, 0.5) is 4.39 Å². The van der Waals surface area contributed by atoms with Gasteiger partial charge in [0.15, 0.2) is 0 Å². The lowest BCUT2D eigenvalue weighted by Crippen LogP contribution is -2.36. The van der Waals surface area contributed by atoms with Crippen LogP contribution in [0.25, 0.3) is 0 Å². The van der Waals surface area contributed by atoms with Crippen LogP contribution in [0.3, 0.4) is 0 Å². The summed E-state index contributed by atoms with van der Waals surface area (Å²) in [5.74, 6) is 0. The second-order valence-electron chi connectivity index (χ2n) is 2.78. The van der Waals surface area contributed by atoms with Gasteiger partial charge in [-0.3, -0.25) is 0 Å². The predicted molar refractivity (Wildman–Crippen MR) is 31.3 cm³/mol. The van der Waals surface area contributed by atoms with E-state index in [1.165, 1.54) is 0 Å². The fourth-order valence-electron chi connectivity index (χ4n) is 1.15. The Bertz CT molecular complexity index is 90.5. The molecule has 8 heavy (non-hydrogen) atoms. The average molecular weight is 117 g/mol. The highest BCUT2D eigenvalue weighted by molar-refractivity contribution is 4.91. The summed E-state index contributed by atoms with van der Waals surface area (Å²) < 4.78 is 12.9. The molecule has 0 radical (unpaired) electrons. The minimum atomic E-state index is -1.07. The number of alkyl halides is 1. The number of hydrogen-bond acceptors (Lipinski definition) is 1. The highest BCUT2D eigenvalue weighted by atomic mass is 19.1. The quantitative estimate of drug-likeness (QED) is 0.507. The molecule has 0 spiro atoms. The summed E-state index contributed by atoms with van der Waals surface area (Å²) in [6.07, 6.45) is 2.45. The Morgan fingerprint density at radius 3 is 2.50 bits per heavy atom. The molecule has 0 aromatic heterocycles. The zero-order valence-corrected chi connectivity index (χ0v) is 5.15. The minimum absolute atomic E-state index is 0.206. The van der Waals surface area contributed by atoms with Crippen LogP contribution in [0, 0.1) is 0 Å². The SMILES string of the molecule is C[C@]1(F)CCCC1N. The molecule has 1 fully saturated rings. The van der Waals surface area contributed by atoms with Crippen LogP contribution < -0.4 is 5.73 Å². The van der Waals surface area contributed by atoms with E-state index in [0.29, 0.717) is 6.42 Å². The summed E-state index contributed by atoms with van der Waals surface area (Å²) in [6.45, 7) is 1.59. The minimum Gasteiger partial charge on any atom is -0.325 e. The van der Waals surface area contributed by atoms with Gasteiger partial charge in [-0.2, -0.15) is 0 Å². The third-order valence-electron chi connectivity index (χ3n) is 1.95. The van der Waals surface area contributed by atoms with E-state index in [1.54, 1.807) is 6.92 Å². The predicted octanol–water partition coefficient (Wildman–Crippen LogP) is 1.23. The van der Waals surface area contributed by atoms with Crippen molar-refractivity contribution in [3.8, 4) is 0 Å². The first-order valence-electron chi connectivity index (χ1n) is 3.07. The Morgan fingerprint density at radius 2 is 2.38 bits per heavy atom. The number of nitrogens with two attached hydrogens (primary N) is 1. The van der Waals surface area contributed by atoms with Crippen molar-refractivity contribution in [2.24, 2.45) is 5.73 Å². The van der Waals surface area contributed by atoms with E-state index in [4.69, 9.17) is 5.73 Å². The summed E-state index contributed by atoms with van der Waals surface area (Å²) in [6, 6.07) is -0.206. The summed E-state index contributed by atoms with van der Waals surface area (Å²) in [7, 11) is 0. The molecule has 1 aliphatic carbocycles. The monoisotopic (exact) mass is 117 g/mol. The van der Waals surface area contributed by atoms with Crippen LogP contribution in [0.5, 0.6) is 0 Å². The summed E-state index contributed by atoms with van der Waals surface area (Å²) in [4.78, 5) is 0. The standard InChI is InChI=1S/C6H12FN/c1-6(7)4-2-3-5(6)8/h5H,2-4,8H2,1H3/t5?,6-/m0/s1. The molecule has 0 amide bonds. The zero-order chi connectivity index (χ0) is 6.20. The van der Waals surface area contributed by atoms with Crippen LogP contribution in [0.15, 0.2) is 0 Å². The van der Waals surface area contributed by atoms with Gasteiger partial charge in [-0.05, 0) is 26.2 Å². The van der Waals surface area contributed by atoms with Gasteiger partial charge in [0.2, 0.25) is 0 Å². The molecule has 1 aliphatic rings. The van der Waals surface area contributed by atoms with Crippen LogP contribution >= 0.6 is 0 Å². The zero-order valence-electron chi connectivity index (χ0n) is 5.15. The Kier molecular flexibility index (Phi) is 1.27.